The minimum absolute atomic E-state index is 0.140. The zero-order valence-corrected chi connectivity index (χ0v) is 12.4. The monoisotopic (exact) mass is 307 g/mol. The number of rotatable bonds is 4. The Hall–Kier alpha value is -3.33. The van der Waals surface area contributed by atoms with Gasteiger partial charge in [-0.3, -0.25) is 9.78 Å². The van der Waals surface area contributed by atoms with E-state index in [1.807, 2.05) is 18.2 Å². The van der Waals surface area contributed by atoms with Crippen molar-refractivity contribution in [3.8, 4) is 17.8 Å². The molecule has 6 heteroatoms. The van der Waals surface area contributed by atoms with Crippen LogP contribution in [0.25, 0.3) is 10.9 Å². The van der Waals surface area contributed by atoms with Gasteiger partial charge in [-0.2, -0.15) is 0 Å². The van der Waals surface area contributed by atoms with Crippen LogP contribution in [0.2, 0.25) is 0 Å². The van der Waals surface area contributed by atoms with Crippen LogP contribution in [0.3, 0.4) is 0 Å². The van der Waals surface area contributed by atoms with E-state index in [0.29, 0.717) is 23.6 Å². The standard InChI is InChI=1S/C17H13N3O3/c1-22-15-9-14-12(8-16(15)23-11-18)5-6-17(21)20(14)10-13-4-2-3-7-19-13/h2-9H,10H2,1H3. The largest absolute Gasteiger partial charge is 0.493 e. The molecular weight excluding hydrogens is 294 g/mol. The second-order valence-corrected chi connectivity index (χ2v) is 4.83. The summed E-state index contributed by atoms with van der Waals surface area (Å²) in [5.74, 6) is 0.699. The highest BCUT2D eigenvalue weighted by atomic mass is 16.5. The lowest BCUT2D eigenvalue weighted by Crippen LogP contribution is -2.20. The van der Waals surface area contributed by atoms with Gasteiger partial charge in [0.1, 0.15) is 0 Å². The van der Waals surface area contributed by atoms with Crippen molar-refractivity contribution in [1.29, 1.82) is 5.26 Å². The van der Waals surface area contributed by atoms with Crippen LogP contribution in [0.4, 0.5) is 0 Å². The van der Waals surface area contributed by atoms with E-state index in [-0.39, 0.29) is 5.56 Å². The summed E-state index contributed by atoms with van der Waals surface area (Å²) >= 11 is 0. The first-order valence-electron chi connectivity index (χ1n) is 6.90. The molecule has 23 heavy (non-hydrogen) atoms. The van der Waals surface area contributed by atoms with Crippen molar-refractivity contribution in [3.05, 3.63) is 64.7 Å². The summed E-state index contributed by atoms with van der Waals surface area (Å²) < 4.78 is 11.8. The molecule has 0 saturated carbocycles. The molecule has 2 heterocycles. The van der Waals surface area contributed by atoms with Gasteiger partial charge in [-0.15, -0.1) is 5.26 Å². The summed E-state index contributed by atoms with van der Waals surface area (Å²) in [5.41, 5.74) is 1.32. The molecule has 0 radical (unpaired) electrons. The number of nitrogens with zero attached hydrogens (tertiary/aromatic N) is 3. The molecule has 6 nitrogen and oxygen atoms in total. The van der Waals surface area contributed by atoms with Gasteiger partial charge in [0, 0.05) is 23.7 Å². The lowest BCUT2D eigenvalue weighted by molar-refractivity contribution is 0.384. The van der Waals surface area contributed by atoms with Gasteiger partial charge in [0.05, 0.1) is 24.9 Å². The highest BCUT2D eigenvalue weighted by Gasteiger charge is 2.11. The van der Waals surface area contributed by atoms with E-state index in [0.717, 1.165) is 11.1 Å². The number of nitriles is 1. The molecule has 0 saturated heterocycles. The predicted molar refractivity (Wildman–Crippen MR) is 84.3 cm³/mol. The van der Waals surface area contributed by atoms with E-state index in [2.05, 4.69) is 4.98 Å². The average Bonchev–Trinajstić information content (AvgIpc) is 2.58. The smallest absolute Gasteiger partial charge is 0.292 e. The predicted octanol–water partition coefficient (Wildman–Crippen LogP) is 2.31. The number of aromatic nitrogens is 2. The maximum absolute atomic E-state index is 12.3. The van der Waals surface area contributed by atoms with Crippen molar-refractivity contribution >= 4 is 10.9 Å². The number of benzene rings is 1. The summed E-state index contributed by atoms with van der Waals surface area (Å²) in [6, 6.07) is 12.1. The molecule has 2 aromatic heterocycles. The summed E-state index contributed by atoms with van der Waals surface area (Å²) in [5, 5.41) is 9.48. The van der Waals surface area contributed by atoms with Gasteiger partial charge < -0.3 is 14.0 Å². The third kappa shape index (κ3) is 2.85. The van der Waals surface area contributed by atoms with E-state index >= 15 is 0 Å². The first-order chi connectivity index (χ1) is 11.2. The first-order valence-corrected chi connectivity index (χ1v) is 6.90. The van der Waals surface area contributed by atoms with Crippen LogP contribution in [-0.4, -0.2) is 16.7 Å². The molecule has 0 spiro atoms. The number of fused-ring (bicyclic) bond motifs is 1. The molecular formula is C17H13N3O3. The van der Waals surface area contributed by atoms with Gasteiger partial charge in [-0.25, -0.2) is 0 Å². The summed E-state index contributed by atoms with van der Waals surface area (Å²) in [4.78, 5) is 16.5. The van der Waals surface area contributed by atoms with Gasteiger partial charge in [0.15, 0.2) is 11.5 Å². The van der Waals surface area contributed by atoms with E-state index in [9.17, 15) is 4.79 Å². The van der Waals surface area contributed by atoms with Crippen LogP contribution in [0.5, 0.6) is 11.5 Å². The van der Waals surface area contributed by atoms with Crippen LogP contribution in [0.1, 0.15) is 5.69 Å². The third-order valence-corrected chi connectivity index (χ3v) is 3.48. The Morgan fingerprint density at radius 3 is 2.78 bits per heavy atom. The van der Waals surface area contributed by atoms with Crippen LogP contribution < -0.4 is 15.0 Å². The Labute approximate surface area is 132 Å². The highest BCUT2D eigenvalue weighted by Crippen LogP contribution is 2.31. The van der Waals surface area contributed by atoms with Gasteiger partial charge in [0.25, 0.3) is 11.8 Å². The average molecular weight is 307 g/mol. The summed E-state index contributed by atoms with van der Waals surface area (Å²) in [7, 11) is 1.48. The Bertz CT molecular complexity index is 943. The third-order valence-electron chi connectivity index (χ3n) is 3.48. The summed E-state index contributed by atoms with van der Waals surface area (Å²) in [6.45, 7) is 0.346. The second-order valence-electron chi connectivity index (χ2n) is 4.83. The van der Waals surface area contributed by atoms with Crippen LogP contribution in [0.15, 0.2) is 53.5 Å². The van der Waals surface area contributed by atoms with Crippen LogP contribution >= 0.6 is 0 Å². The zero-order chi connectivity index (χ0) is 16.2. The number of methoxy groups -OCH3 is 1. The van der Waals surface area contributed by atoms with Crippen molar-refractivity contribution in [2.24, 2.45) is 0 Å². The Morgan fingerprint density at radius 2 is 2.09 bits per heavy atom. The minimum atomic E-state index is -0.140. The lowest BCUT2D eigenvalue weighted by atomic mass is 10.2. The molecule has 3 aromatic rings. The SMILES string of the molecule is COc1cc2c(ccc(=O)n2Cc2ccccn2)cc1OC#N. The molecule has 0 unspecified atom stereocenters. The molecule has 0 amide bonds. The Balaban J connectivity index is 2.19. The second kappa shape index (κ2) is 6.20. The maximum atomic E-state index is 12.3. The molecule has 0 bridgehead atoms. The Morgan fingerprint density at radius 1 is 1.22 bits per heavy atom. The molecule has 0 N–H and O–H groups in total. The van der Waals surface area contributed by atoms with Gasteiger partial charge in [-0.05, 0) is 24.3 Å². The molecule has 0 fully saturated rings. The molecule has 3 rings (SSSR count). The van der Waals surface area contributed by atoms with Crippen molar-refractivity contribution < 1.29 is 9.47 Å². The number of hydrogen-bond donors (Lipinski definition) is 0. The maximum Gasteiger partial charge on any atom is 0.292 e. The minimum Gasteiger partial charge on any atom is -0.493 e. The van der Waals surface area contributed by atoms with Crippen molar-refractivity contribution in [1.82, 2.24) is 9.55 Å². The molecule has 114 valence electrons. The van der Waals surface area contributed by atoms with E-state index in [4.69, 9.17) is 14.7 Å². The van der Waals surface area contributed by atoms with Crippen molar-refractivity contribution in [2.75, 3.05) is 7.11 Å². The zero-order valence-electron chi connectivity index (χ0n) is 12.4. The van der Waals surface area contributed by atoms with Gasteiger partial charge in [-0.1, -0.05) is 6.07 Å². The number of pyridine rings is 2. The molecule has 0 aliphatic carbocycles. The van der Waals surface area contributed by atoms with Crippen LogP contribution in [-0.2, 0) is 6.54 Å². The normalized spacial score (nSPS) is 10.3. The fourth-order valence-electron chi connectivity index (χ4n) is 2.41. The first kappa shape index (κ1) is 14.6. The highest BCUT2D eigenvalue weighted by molar-refractivity contribution is 5.83. The lowest BCUT2D eigenvalue weighted by Gasteiger charge is -2.12. The Kier molecular flexibility index (Phi) is 3.93. The van der Waals surface area contributed by atoms with Gasteiger partial charge >= 0.3 is 0 Å². The van der Waals surface area contributed by atoms with Gasteiger partial charge in [0.2, 0.25) is 0 Å². The topological polar surface area (TPSA) is 77.1 Å². The molecule has 0 aliphatic rings. The van der Waals surface area contributed by atoms with E-state index in [1.54, 1.807) is 35.2 Å². The quantitative estimate of drug-likeness (QED) is 0.691. The van der Waals surface area contributed by atoms with Crippen molar-refractivity contribution in [2.45, 2.75) is 6.54 Å². The molecule has 1 aromatic carbocycles. The van der Waals surface area contributed by atoms with E-state index in [1.165, 1.54) is 13.2 Å². The summed E-state index contributed by atoms with van der Waals surface area (Å²) in [6.07, 6.45) is 3.32. The van der Waals surface area contributed by atoms with Crippen LogP contribution in [0, 0.1) is 11.5 Å². The number of ether oxygens (including phenoxy) is 2. The molecule has 0 atom stereocenters. The number of hydrogen-bond acceptors (Lipinski definition) is 5. The fraction of sp³-hybridized carbons (Fsp3) is 0.118. The van der Waals surface area contributed by atoms with E-state index < -0.39 is 0 Å². The van der Waals surface area contributed by atoms with Crippen molar-refractivity contribution in [3.63, 3.8) is 0 Å². The molecule has 0 aliphatic heterocycles. The fourth-order valence-corrected chi connectivity index (χ4v) is 2.41.